The van der Waals surface area contributed by atoms with E-state index in [-0.39, 0.29) is 152 Å². The summed E-state index contributed by atoms with van der Waals surface area (Å²) in [5.74, 6) is 0.261. The second-order valence-corrected chi connectivity index (χ2v) is 31.5. The maximum atomic E-state index is 14.4. The number of ether oxygens (including phenoxy) is 9. The Bertz CT molecular complexity index is 4970. The molecule has 0 unspecified atom stereocenters. The normalized spacial score (nSPS) is 19.2. The maximum Gasteiger partial charge on any atom is 0.409 e. The first kappa shape index (κ1) is 98.0. The molecule has 12 N–H and O–H groups in total. The molecule has 0 bridgehead atoms. The summed E-state index contributed by atoms with van der Waals surface area (Å²) in [6.07, 6.45) is -10.1. The number of carbonyl (C=O) groups excluding carboxylic acids is 9. The number of amides is 9. The van der Waals surface area contributed by atoms with Crippen LogP contribution in [-0.2, 0) is 89.3 Å². The minimum Gasteiger partial charge on any atom is -0.481 e. The monoisotopic (exact) mass is 1800 g/mol. The van der Waals surface area contributed by atoms with Crippen molar-refractivity contribution >= 4 is 82.8 Å². The molecule has 12 atom stereocenters. The smallest absolute Gasteiger partial charge is 0.409 e. The van der Waals surface area contributed by atoms with Crippen molar-refractivity contribution < 1.29 is 125 Å². The highest BCUT2D eigenvalue weighted by Gasteiger charge is 2.53. The van der Waals surface area contributed by atoms with Crippen molar-refractivity contribution in [2.45, 2.75) is 144 Å². The fourth-order valence-corrected chi connectivity index (χ4v) is 14.9. The SMILES string of the molecule is CC(C)[C@H](NC(=O)CCOCCOCCOCCOCCNC(=O)CCC(=O)N1Cc2ccccc2C#Cc2ccccc21)C(=O)N[C@@H](CCCNC(N)=O)C(=O)Nc1ccc(COC(=O)N(C)CCN(C)C(=O)OC[C@H]2O[C@@H](S[C@@H]3O[C@H](COC(=O)CCC(=O)O)[C@H](O)[C@H](n4cc(-c5cccc(F)c5)nn4)[C@H]3O)[C@H](O)[C@@H](n3cc(-c4cccc(F)c4)nn3)[C@H]2O)cc1. The second-order valence-electron chi connectivity index (χ2n) is 30.3. The van der Waals surface area contributed by atoms with E-state index in [4.69, 9.17) is 53.5 Å². The van der Waals surface area contributed by atoms with Crippen LogP contribution in [-0.4, -0.2) is 291 Å². The van der Waals surface area contributed by atoms with Crippen LogP contribution in [0, 0.1) is 29.4 Å². The molecule has 39 nitrogen and oxygen atoms in total. The van der Waals surface area contributed by atoms with Gasteiger partial charge in [0, 0.05) is 87.5 Å². The quantitative estimate of drug-likeness (QED) is 0.0111. The molecule has 42 heteroatoms. The number of nitrogens with one attached hydrogen (secondary N) is 5. The highest BCUT2D eigenvalue weighted by Crippen LogP contribution is 2.43. The number of benzene rings is 5. The molecule has 5 aromatic carbocycles. The zero-order chi connectivity index (χ0) is 91.8. The molecular formula is C86H105F2N15O24S. The first-order valence-electron chi connectivity index (χ1n) is 41.3. The number of nitrogens with two attached hydrogens (primary N) is 1. The number of esters is 1. The van der Waals surface area contributed by atoms with E-state index < -0.39 is 163 Å². The first-order chi connectivity index (χ1) is 61.6. The zero-order valence-corrected chi connectivity index (χ0v) is 71.5. The standard InChI is InChI=1S/C86H105F2N15O24S/c1-52(2)73(94-69(105)31-36-119-38-40-121-42-43-122-41-39-120-37-33-90-68(104)27-28-70(106)101-46-58-14-6-5-12-54(58)23-24-55-13-7-8-20-65(55)101)81(115)93-62(19-11-32-91-84(89)116)80(114)92-61-25-21-53(22-26-61)49-124-85(117)99(3)34-35-100(4)86(118)125-51-67-77(111)75(103-48-64(96-98-103)57-16-10-18-60(88)45-57)79(113)83(127-67)128-82-78(112)74(76(110)66(126-82)50-123-72(109)30-29-71(107)108)102-47-63(95-97-102)56-15-9-17-59(87)44-56/h5-10,12-18,20-22,25-26,44-45,47-48,52,62,66-67,73-79,82-83,110-113H,11,19,27-43,46,49-51H2,1-4H3,(H,90,104)(H,92,114)(H,93,115)(H,94,105)(H,107,108)(H3,89,91,116)/t62-,66+,67+,73-,74-,75-,76-,77-,78+,79+,82-,83-/m0/s1. The van der Waals surface area contributed by atoms with Gasteiger partial charge in [0.2, 0.25) is 29.5 Å². The number of likely N-dealkylation sites (N-methyl/N-ethyl adjacent to an activating group) is 2. The lowest BCUT2D eigenvalue weighted by Gasteiger charge is -2.46. The summed E-state index contributed by atoms with van der Waals surface area (Å²) in [6, 6.07) is 26.1. The van der Waals surface area contributed by atoms with Crippen LogP contribution < -0.4 is 37.2 Å². The molecule has 0 saturated carbocycles. The summed E-state index contributed by atoms with van der Waals surface area (Å²) in [5, 5.41) is 87.2. The van der Waals surface area contributed by atoms with Crippen LogP contribution in [0.15, 0.2) is 134 Å². The van der Waals surface area contributed by atoms with Crippen LogP contribution in [0.2, 0.25) is 0 Å². The Labute approximate surface area is 739 Å². The van der Waals surface area contributed by atoms with Gasteiger partial charge in [-0.3, -0.25) is 33.6 Å². The number of hydrogen-bond acceptors (Lipinski definition) is 28. The average Bonchev–Trinajstić information content (AvgIpc) is 1.49. The molecule has 5 heterocycles. The molecule has 9 amide bonds. The number of carbonyl (C=O) groups is 10. The number of aliphatic hydroxyl groups excluding tert-OH is 4. The minimum atomic E-state index is -1.79. The fourth-order valence-electron chi connectivity index (χ4n) is 13.5. The van der Waals surface area contributed by atoms with Crippen LogP contribution >= 0.6 is 11.8 Å². The third kappa shape index (κ3) is 29.5. The minimum absolute atomic E-state index is 0.00965. The zero-order valence-electron chi connectivity index (χ0n) is 70.7. The van der Waals surface area contributed by atoms with E-state index >= 15 is 0 Å². The summed E-state index contributed by atoms with van der Waals surface area (Å²) in [6.45, 7) is 3.94. The van der Waals surface area contributed by atoms with Gasteiger partial charge in [0.15, 0.2) is 0 Å². The summed E-state index contributed by atoms with van der Waals surface area (Å²) in [4.78, 5) is 133. The van der Waals surface area contributed by atoms with E-state index in [0.29, 0.717) is 35.2 Å². The third-order valence-corrected chi connectivity index (χ3v) is 21.9. The number of nitrogens with zero attached hydrogens (tertiary/aromatic N) is 9. The molecule has 2 aromatic heterocycles. The number of hydrogen-bond donors (Lipinski definition) is 11. The molecule has 128 heavy (non-hydrogen) atoms. The van der Waals surface area contributed by atoms with Crippen molar-refractivity contribution in [2.24, 2.45) is 11.7 Å². The molecule has 688 valence electrons. The Morgan fingerprint density at radius 1 is 0.586 bits per heavy atom. The third-order valence-electron chi connectivity index (χ3n) is 20.5. The van der Waals surface area contributed by atoms with Crippen LogP contribution in [0.1, 0.15) is 93.1 Å². The highest BCUT2D eigenvalue weighted by molar-refractivity contribution is 8.00. The number of fused-ring (bicyclic) bond motifs is 2. The number of para-hydroxylation sites is 1. The van der Waals surface area contributed by atoms with Crippen molar-refractivity contribution in [2.75, 3.05) is 117 Å². The summed E-state index contributed by atoms with van der Waals surface area (Å²) < 4.78 is 82.2. The fraction of sp³-hybridized carbons (Fsp3) is 0.465. The van der Waals surface area contributed by atoms with Crippen molar-refractivity contribution in [3.63, 3.8) is 0 Å². The molecule has 0 radical (unpaired) electrons. The van der Waals surface area contributed by atoms with Gasteiger partial charge >= 0.3 is 30.2 Å². The van der Waals surface area contributed by atoms with E-state index in [0.717, 1.165) is 31.0 Å². The van der Waals surface area contributed by atoms with Crippen molar-refractivity contribution in [1.82, 2.24) is 61.1 Å². The molecule has 7 aromatic rings. The van der Waals surface area contributed by atoms with E-state index in [2.05, 4.69) is 59.0 Å². The highest BCUT2D eigenvalue weighted by atomic mass is 32.2. The lowest BCUT2D eigenvalue weighted by Crippen LogP contribution is -2.58. The number of carboxylic acids is 1. The molecule has 3 aliphatic heterocycles. The van der Waals surface area contributed by atoms with Gasteiger partial charge in [0.05, 0.1) is 90.3 Å². The molecule has 10 rings (SSSR count). The van der Waals surface area contributed by atoms with Gasteiger partial charge in [-0.1, -0.05) is 115 Å². The number of primary amides is 1. The van der Waals surface area contributed by atoms with Crippen LogP contribution in [0.4, 0.5) is 34.5 Å². The number of rotatable bonds is 46. The van der Waals surface area contributed by atoms with Crippen LogP contribution in [0.3, 0.4) is 0 Å². The predicted molar refractivity (Wildman–Crippen MR) is 453 cm³/mol. The Morgan fingerprint density at radius 2 is 1.13 bits per heavy atom. The molecule has 2 saturated heterocycles. The average molecular weight is 1800 g/mol. The van der Waals surface area contributed by atoms with E-state index in [1.807, 2.05) is 48.5 Å². The van der Waals surface area contributed by atoms with Gasteiger partial charge in [-0.05, 0) is 84.5 Å². The largest absolute Gasteiger partial charge is 0.481 e. The topological polar surface area (TPSA) is 512 Å². The number of aliphatic carboxylic acids is 1. The van der Waals surface area contributed by atoms with Gasteiger partial charge < -0.3 is 115 Å². The van der Waals surface area contributed by atoms with E-state index in [9.17, 15) is 77.2 Å². The Kier molecular flexibility index (Phi) is 37.7. The van der Waals surface area contributed by atoms with Gasteiger partial charge in [-0.15, -0.1) is 10.2 Å². The first-order valence-corrected chi connectivity index (χ1v) is 42.3. The number of aromatic nitrogens is 6. The number of thioether (sulfide) groups is 1. The number of carboxylic acid groups (broad SMARTS) is 1. The summed E-state index contributed by atoms with van der Waals surface area (Å²) in [5.41, 5.74) is 6.96. The molecule has 0 aliphatic carbocycles. The number of urea groups is 1. The van der Waals surface area contributed by atoms with Gasteiger partial charge in [-0.2, -0.15) is 0 Å². The summed E-state index contributed by atoms with van der Waals surface area (Å²) >= 11 is 0.629. The predicted octanol–water partition coefficient (Wildman–Crippen LogP) is 3.95. The molecule has 3 aliphatic rings. The van der Waals surface area contributed by atoms with Gasteiger partial charge in [-0.25, -0.2) is 32.5 Å². The lowest BCUT2D eigenvalue weighted by atomic mass is 9.97. The number of anilines is 2. The van der Waals surface area contributed by atoms with E-state index in [1.165, 1.54) is 79.9 Å². The van der Waals surface area contributed by atoms with Crippen molar-refractivity contribution in [1.29, 1.82) is 0 Å². The molecule has 2 fully saturated rings. The Morgan fingerprint density at radius 3 is 1.71 bits per heavy atom. The second kappa shape index (κ2) is 49.3. The van der Waals surface area contributed by atoms with Crippen molar-refractivity contribution in [3.8, 4) is 34.4 Å². The molecular weight excluding hydrogens is 1700 g/mol. The van der Waals surface area contributed by atoms with Crippen LogP contribution in [0.5, 0.6) is 0 Å². The van der Waals surface area contributed by atoms with Crippen LogP contribution in [0.25, 0.3) is 22.5 Å². The Balaban J connectivity index is 0.631. The van der Waals surface area contributed by atoms with Gasteiger partial charge in [0.1, 0.15) is 115 Å². The lowest BCUT2D eigenvalue weighted by molar-refractivity contribution is -0.194. The number of halogens is 2. The van der Waals surface area contributed by atoms with Crippen molar-refractivity contribution in [3.05, 3.63) is 168 Å². The number of aliphatic hydroxyl groups is 4. The molecule has 0 spiro atoms. The maximum absolute atomic E-state index is 14.4. The van der Waals surface area contributed by atoms with Gasteiger partial charge in [0.25, 0.3) is 0 Å². The summed E-state index contributed by atoms with van der Waals surface area (Å²) in [7, 11) is 2.77. The Hall–Kier alpha value is -12.2. The van der Waals surface area contributed by atoms with E-state index in [1.54, 1.807) is 43.0 Å².